The molecule has 1 fully saturated rings. The Morgan fingerprint density at radius 1 is 1.47 bits per heavy atom. The number of piperidine rings is 1. The van der Waals surface area contributed by atoms with Crippen LogP contribution in [-0.2, 0) is 9.59 Å². The first-order chi connectivity index (χ1) is 9.06. The summed E-state index contributed by atoms with van der Waals surface area (Å²) in [7, 11) is 3.28. The van der Waals surface area contributed by atoms with Crippen molar-refractivity contribution in [2.45, 2.75) is 19.3 Å². The Labute approximate surface area is 113 Å². The van der Waals surface area contributed by atoms with Crippen molar-refractivity contribution < 1.29 is 9.59 Å². The summed E-state index contributed by atoms with van der Waals surface area (Å²) in [5.74, 6) is 0.606. The number of carbonyl (C=O) groups is 2. The number of likely N-dealkylation sites (N-methyl/N-ethyl adjacent to an activating group) is 1. The molecule has 1 unspecified atom stereocenters. The van der Waals surface area contributed by atoms with E-state index in [-0.39, 0.29) is 24.3 Å². The molecule has 0 aromatic rings. The van der Waals surface area contributed by atoms with Crippen molar-refractivity contribution >= 4 is 17.8 Å². The van der Waals surface area contributed by atoms with Gasteiger partial charge in [-0.2, -0.15) is 0 Å². The molecule has 1 heterocycles. The smallest absolute Gasteiger partial charge is 0.239 e. The van der Waals surface area contributed by atoms with E-state index in [9.17, 15) is 9.59 Å². The number of primary amides is 1. The first-order valence-electron chi connectivity index (χ1n) is 6.51. The molecule has 4 N–H and O–H groups in total. The van der Waals surface area contributed by atoms with Crippen molar-refractivity contribution in [1.29, 1.82) is 0 Å². The minimum atomic E-state index is -0.264. The summed E-state index contributed by atoms with van der Waals surface area (Å²) in [6.07, 6.45) is 2.41. The van der Waals surface area contributed by atoms with Crippen LogP contribution in [0.15, 0.2) is 4.99 Å². The molecule has 1 rings (SSSR count). The number of nitrogens with zero attached hydrogens (tertiary/aromatic N) is 2. The molecule has 1 saturated heterocycles. The van der Waals surface area contributed by atoms with Crippen molar-refractivity contribution in [1.82, 2.24) is 15.5 Å². The van der Waals surface area contributed by atoms with Crippen LogP contribution < -0.4 is 16.4 Å². The van der Waals surface area contributed by atoms with E-state index >= 15 is 0 Å². The van der Waals surface area contributed by atoms with Gasteiger partial charge in [-0.3, -0.25) is 14.6 Å². The summed E-state index contributed by atoms with van der Waals surface area (Å²) in [6.45, 7) is 1.82. The summed E-state index contributed by atoms with van der Waals surface area (Å²) in [5.41, 5.74) is 5.24. The summed E-state index contributed by atoms with van der Waals surface area (Å²) < 4.78 is 0. The minimum absolute atomic E-state index is 0.0909. The lowest BCUT2D eigenvalue weighted by Crippen LogP contribution is -2.49. The van der Waals surface area contributed by atoms with Crippen LogP contribution in [0, 0.1) is 5.92 Å². The van der Waals surface area contributed by atoms with Gasteiger partial charge in [0.1, 0.15) is 0 Å². The van der Waals surface area contributed by atoms with Crippen molar-refractivity contribution in [2.24, 2.45) is 16.6 Å². The van der Waals surface area contributed by atoms with Gasteiger partial charge in [0.15, 0.2) is 5.96 Å². The third-order valence-electron chi connectivity index (χ3n) is 3.21. The molecule has 0 radical (unpaired) electrons. The third-order valence-corrected chi connectivity index (χ3v) is 3.21. The van der Waals surface area contributed by atoms with Crippen LogP contribution in [0.25, 0.3) is 0 Å². The first kappa shape index (κ1) is 15.3. The maximum absolute atomic E-state index is 11.2. The van der Waals surface area contributed by atoms with Gasteiger partial charge in [-0.15, -0.1) is 0 Å². The van der Waals surface area contributed by atoms with Crippen LogP contribution in [-0.4, -0.2) is 56.4 Å². The lowest BCUT2D eigenvalue weighted by Gasteiger charge is -2.34. The van der Waals surface area contributed by atoms with Crippen LogP contribution in [0.4, 0.5) is 0 Å². The lowest BCUT2D eigenvalue weighted by molar-refractivity contribution is -0.120. The van der Waals surface area contributed by atoms with Gasteiger partial charge in [-0.25, -0.2) is 0 Å². The van der Waals surface area contributed by atoms with Crippen LogP contribution >= 0.6 is 0 Å². The second-order valence-electron chi connectivity index (χ2n) is 4.70. The van der Waals surface area contributed by atoms with Crippen LogP contribution in [0.1, 0.15) is 19.3 Å². The fourth-order valence-electron chi connectivity index (χ4n) is 2.29. The minimum Gasteiger partial charge on any atom is -0.370 e. The molecule has 0 aromatic heterocycles. The van der Waals surface area contributed by atoms with Gasteiger partial charge >= 0.3 is 0 Å². The van der Waals surface area contributed by atoms with E-state index in [1.165, 1.54) is 0 Å². The zero-order valence-corrected chi connectivity index (χ0v) is 11.6. The average molecular weight is 269 g/mol. The van der Waals surface area contributed by atoms with Gasteiger partial charge in [0.25, 0.3) is 0 Å². The number of hydrogen-bond acceptors (Lipinski definition) is 3. The number of likely N-dealkylation sites (tertiary alicyclic amines) is 1. The van der Waals surface area contributed by atoms with Crippen LogP contribution in [0.3, 0.4) is 0 Å². The average Bonchev–Trinajstić information content (AvgIpc) is 2.38. The highest BCUT2D eigenvalue weighted by molar-refractivity contribution is 5.86. The van der Waals surface area contributed by atoms with E-state index < -0.39 is 0 Å². The van der Waals surface area contributed by atoms with E-state index in [0.29, 0.717) is 12.4 Å². The number of hydrogen-bond donors (Lipinski definition) is 3. The quantitative estimate of drug-likeness (QED) is 0.445. The fraction of sp³-hybridized carbons (Fsp3) is 0.750. The maximum Gasteiger partial charge on any atom is 0.239 e. The first-order valence-corrected chi connectivity index (χ1v) is 6.51. The SMILES string of the molecule is CN=C(NCC(=O)NC)N1CCCC(CC(N)=O)C1. The van der Waals surface area contributed by atoms with Crippen LogP contribution in [0.5, 0.6) is 0 Å². The van der Waals surface area contributed by atoms with Gasteiger partial charge in [0, 0.05) is 33.6 Å². The van der Waals surface area contributed by atoms with E-state index in [0.717, 1.165) is 25.9 Å². The summed E-state index contributed by atoms with van der Waals surface area (Å²) in [5, 5.41) is 5.56. The van der Waals surface area contributed by atoms with Crippen molar-refractivity contribution in [3.63, 3.8) is 0 Å². The molecule has 19 heavy (non-hydrogen) atoms. The zero-order valence-electron chi connectivity index (χ0n) is 11.6. The Kier molecular flexibility index (Phi) is 6.11. The Hall–Kier alpha value is -1.79. The van der Waals surface area contributed by atoms with E-state index in [1.807, 2.05) is 0 Å². The number of amides is 2. The fourth-order valence-corrected chi connectivity index (χ4v) is 2.29. The Bertz CT molecular complexity index is 356. The molecular weight excluding hydrogens is 246 g/mol. The molecule has 108 valence electrons. The predicted molar refractivity (Wildman–Crippen MR) is 73.5 cm³/mol. The van der Waals surface area contributed by atoms with Gasteiger partial charge in [-0.05, 0) is 18.8 Å². The molecule has 0 aromatic carbocycles. The lowest BCUT2D eigenvalue weighted by atomic mass is 9.95. The summed E-state index contributed by atoms with van der Waals surface area (Å²) in [6, 6.07) is 0. The Morgan fingerprint density at radius 3 is 2.79 bits per heavy atom. The van der Waals surface area contributed by atoms with E-state index in [4.69, 9.17) is 5.73 Å². The standard InChI is InChI=1S/C12H23N5O2/c1-14-11(19)7-16-12(15-2)17-5-3-4-9(8-17)6-10(13)18/h9H,3-8H2,1-2H3,(H2,13,18)(H,14,19)(H,15,16). The topological polar surface area (TPSA) is 99.8 Å². The maximum atomic E-state index is 11.2. The molecule has 1 aliphatic heterocycles. The number of nitrogens with one attached hydrogen (secondary N) is 2. The Balaban J connectivity index is 2.51. The van der Waals surface area contributed by atoms with Gasteiger partial charge in [0.05, 0.1) is 6.54 Å². The van der Waals surface area contributed by atoms with E-state index in [1.54, 1.807) is 14.1 Å². The molecule has 7 nitrogen and oxygen atoms in total. The number of guanidine groups is 1. The predicted octanol–water partition coefficient (Wildman–Crippen LogP) is -1.10. The number of aliphatic imine (C=N–C) groups is 1. The highest BCUT2D eigenvalue weighted by atomic mass is 16.2. The van der Waals surface area contributed by atoms with Gasteiger partial charge in [-0.1, -0.05) is 0 Å². The highest BCUT2D eigenvalue weighted by Crippen LogP contribution is 2.19. The van der Waals surface area contributed by atoms with Crippen molar-refractivity contribution in [3.8, 4) is 0 Å². The third kappa shape index (κ3) is 5.15. The highest BCUT2D eigenvalue weighted by Gasteiger charge is 2.23. The second-order valence-corrected chi connectivity index (χ2v) is 4.70. The Morgan fingerprint density at radius 2 is 2.21 bits per heavy atom. The number of rotatable bonds is 4. The van der Waals surface area contributed by atoms with Crippen LogP contribution in [0.2, 0.25) is 0 Å². The molecule has 0 spiro atoms. The van der Waals surface area contributed by atoms with Gasteiger partial charge < -0.3 is 21.3 Å². The number of carbonyl (C=O) groups excluding carboxylic acids is 2. The molecule has 7 heteroatoms. The van der Waals surface area contributed by atoms with Crippen molar-refractivity contribution in [2.75, 3.05) is 33.7 Å². The van der Waals surface area contributed by atoms with Crippen molar-refractivity contribution in [3.05, 3.63) is 0 Å². The summed E-state index contributed by atoms with van der Waals surface area (Å²) >= 11 is 0. The molecule has 0 bridgehead atoms. The van der Waals surface area contributed by atoms with E-state index in [2.05, 4.69) is 20.5 Å². The molecule has 0 aliphatic carbocycles. The zero-order chi connectivity index (χ0) is 14.3. The normalized spacial score (nSPS) is 20.0. The summed E-state index contributed by atoms with van der Waals surface area (Å²) in [4.78, 5) is 28.4. The molecular formula is C12H23N5O2. The van der Waals surface area contributed by atoms with Gasteiger partial charge in [0.2, 0.25) is 11.8 Å². The second kappa shape index (κ2) is 7.60. The molecule has 1 aliphatic rings. The number of nitrogens with two attached hydrogens (primary N) is 1. The molecule has 0 saturated carbocycles. The molecule has 1 atom stereocenters. The molecule has 2 amide bonds. The monoisotopic (exact) mass is 269 g/mol. The largest absolute Gasteiger partial charge is 0.370 e.